The van der Waals surface area contributed by atoms with Gasteiger partial charge in [-0.1, -0.05) is 17.7 Å². The van der Waals surface area contributed by atoms with E-state index in [-0.39, 0.29) is 40.1 Å². The second-order valence-corrected chi connectivity index (χ2v) is 6.04. The molecule has 1 aromatic heterocycles. The fourth-order valence-corrected chi connectivity index (χ4v) is 2.89. The highest BCUT2D eigenvalue weighted by Crippen LogP contribution is 2.42. The number of nitro groups is 1. The van der Waals surface area contributed by atoms with Gasteiger partial charge in [-0.25, -0.2) is 4.79 Å². The lowest BCUT2D eigenvalue weighted by atomic mass is 9.84. The van der Waals surface area contributed by atoms with E-state index in [0.29, 0.717) is 11.3 Å². The molecule has 0 fully saturated rings. The molecule has 3 rings (SSSR count). The van der Waals surface area contributed by atoms with Crippen LogP contribution >= 0.6 is 11.6 Å². The van der Waals surface area contributed by atoms with Crippen LogP contribution in [0, 0.1) is 28.4 Å². The second kappa shape index (κ2) is 8.56. The number of aliphatic hydroxyl groups is 1. The highest BCUT2D eigenvalue weighted by molar-refractivity contribution is 6.32. The predicted octanol–water partition coefficient (Wildman–Crippen LogP) is 2.73. The molecule has 146 valence electrons. The van der Waals surface area contributed by atoms with Crippen molar-refractivity contribution in [3.63, 3.8) is 0 Å². The van der Waals surface area contributed by atoms with E-state index in [2.05, 4.69) is 0 Å². The topological polar surface area (TPSA) is 153 Å². The monoisotopic (exact) mass is 405 g/mol. The molecule has 1 aliphatic heterocycles. The Kier molecular flexibility index (Phi) is 6.41. The molecule has 0 amide bonds. The average molecular weight is 406 g/mol. The fourth-order valence-electron chi connectivity index (χ4n) is 2.70. The summed E-state index contributed by atoms with van der Waals surface area (Å²) in [5.41, 5.74) is 5.05. The summed E-state index contributed by atoms with van der Waals surface area (Å²) in [6.07, 6.45) is 0. The minimum Gasteiger partial charge on any atom is -0.440 e. The molecule has 1 unspecified atom stereocenters. The number of allylic oxidation sites excluding steroid dienone is 1. The summed E-state index contributed by atoms with van der Waals surface area (Å²) in [4.78, 5) is 22.8. The number of aliphatic hydroxyl groups excluding tert-OH is 1. The number of fused-ring (bicyclic) bond motifs is 1. The van der Waals surface area contributed by atoms with Crippen molar-refractivity contribution in [2.75, 3.05) is 6.61 Å². The molecule has 1 aliphatic rings. The van der Waals surface area contributed by atoms with Crippen LogP contribution in [0.4, 0.5) is 5.69 Å². The molecule has 28 heavy (non-hydrogen) atoms. The zero-order chi connectivity index (χ0) is 21.0. The second-order valence-electron chi connectivity index (χ2n) is 5.63. The van der Waals surface area contributed by atoms with Crippen molar-refractivity contribution in [1.82, 2.24) is 0 Å². The molecule has 10 heteroatoms. The lowest BCUT2D eigenvalue weighted by Gasteiger charge is -2.25. The molecular formula is C18H16ClN3O6. The normalized spacial score (nSPS) is 14.9. The Labute approximate surface area is 164 Å². The molecule has 9 nitrogen and oxygen atoms in total. The Morgan fingerprint density at radius 3 is 2.64 bits per heavy atom. The maximum absolute atomic E-state index is 12.3. The number of rotatable bonds is 2. The number of nitrogens with zero attached hydrogens (tertiary/aromatic N) is 2. The van der Waals surface area contributed by atoms with E-state index in [1.807, 2.05) is 6.07 Å². The largest absolute Gasteiger partial charge is 0.440 e. The van der Waals surface area contributed by atoms with Crippen LogP contribution in [0.5, 0.6) is 5.75 Å². The zero-order valence-corrected chi connectivity index (χ0v) is 15.7. The van der Waals surface area contributed by atoms with Crippen molar-refractivity contribution in [1.29, 1.82) is 5.26 Å². The van der Waals surface area contributed by atoms with Gasteiger partial charge in [0.25, 0.3) is 5.69 Å². The van der Waals surface area contributed by atoms with Gasteiger partial charge < -0.3 is 20.0 Å². The summed E-state index contributed by atoms with van der Waals surface area (Å²) in [6.45, 7) is 3.49. The zero-order valence-electron chi connectivity index (χ0n) is 14.9. The molecule has 1 aromatic carbocycles. The Morgan fingerprint density at radius 2 is 2.07 bits per heavy atom. The Hall–Kier alpha value is -3.35. The summed E-state index contributed by atoms with van der Waals surface area (Å²) in [5.74, 6) is -0.685. The van der Waals surface area contributed by atoms with Gasteiger partial charge in [-0.15, -0.1) is 0 Å². The van der Waals surface area contributed by atoms with E-state index in [0.717, 1.165) is 0 Å². The Bertz CT molecular complexity index is 1050. The number of benzene rings is 1. The van der Waals surface area contributed by atoms with Crippen LogP contribution in [0.3, 0.4) is 0 Å². The number of ether oxygens (including phenoxy) is 1. The highest BCUT2D eigenvalue weighted by atomic mass is 35.5. The predicted molar refractivity (Wildman–Crippen MR) is 99.9 cm³/mol. The van der Waals surface area contributed by atoms with Crippen LogP contribution in [0.15, 0.2) is 44.9 Å². The first kappa shape index (κ1) is 21.0. The first-order chi connectivity index (χ1) is 13.2. The van der Waals surface area contributed by atoms with Crippen LogP contribution in [0.1, 0.15) is 29.7 Å². The molecule has 0 spiro atoms. The Morgan fingerprint density at radius 1 is 1.43 bits per heavy atom. The summed E-state index contributed by atoms with van der Waals surface area (Å²) in [5, 5.41) is 28.1. The molecule has 0 saturated carbocycles. The van der Waals surface area contributed by atoms with Gasteiger partial charge in [0.05, 0.1) is 16.4 Å². The highest BCUT2D eigenvalue weighted by Gasteiger charge is 2.35. The molecule has 1 atom stereocenters. The van der Waals surface area contributed by atoms with E-state index >= 15 is 0 Å². The van der Waals surface area contributed by atoms with Crippen LogP contribution in [-0.4, -0.2) is 16.6 Å². The van der Waals surface area contributed by atoms with Gasteiger partial charge in [-0.05, 0) is 25.5 Å². The lowest BCUT2D eigenvalue weighted by Crippen LogP contribution is -2.26. The molecule has 0 radical (unpaired) electrons. The van der Waals surface area contributed by atoms with Crippen LogP contribution in [0.25, 0.3) is 0 Å². The summed E-state index contributed by atoms with van der Waals surface area (Å²) >= 11 is 5.83. The SMILES string of the molecule is CCO.Cc1cc2c(c(=O)o1)C(c1ccc(Cl)c([N+](=O)[O-])c1)C(C#N)=C(N)O2. The maximum atomic E-state index is 12.3. The van der Waals surface area contributed by atoms with Gasteiger partial charge in [0.2, 0.25) is 5.88 Å². The van der Waals surface area contributed by atoms with Crippen molar-refractivity contribution in [3.05, 3.63) is 78.2 Å². The fraction of sp³-hybridized carbons (Fsp3) is 0.222. The molecule has 3 N–H and O–H groups in total. The lowest BCUT2D eigenvalue weighted by molar-refractivity contribution is -0.384. The number of halogens is 1. The number of nitro benzene ring substituents is 1. The summed E-state index contributed by atoms with van der Waals surface area (Å²) in [7, 11) is 0. The molecule has 2 aromatic rings. The number of aryl methyl sites for hydroxylation is 1. The van der Waals surface area contributed by atoms with Crippen molar-refractivity contribution in [2.45, 2.75) is 19.8 Å². The number of nitrogens with two attached hydrogens (primary N) is 1. The quantitative estimate of drug-likeness (QED) is 0.571. The minimum atomic E-state index is -0.957. The first-order valence-corrected chi connectivity index (χ1v) is 8.39. The van der Waals surface area contributed by atoms with E-state index in [9.17, 15) is 20.2 Å². The molecule has 0 saturated heterocycles. The number of hydrogen-bond acceptors (Lipinski definition) is 8. The number of nitriles is 1. The molecular weight excluding hydrogens is 390 g/mol. The maximum Gasteiger partial charge on any atom is 0.343 e. The minimum absolute atomic E-state index is 0.0414. The van der Waals surface area contributed by atoms with Crippen molar-refractivity contribution >= 4 is 17.3 Å². The van der Waals surface area contributed by atoms with Gasteiger partial charge >= 0.3 is 5.63 Å². The van der Waals surface area contributed by atoms with Crippen LogP contribution in [-0.2, 0) is 0 Å². The third kappa shape index (κ3) is 3.98. The molecule has 2 heterocycles. The Balaban J connectivity index is 0.000000878. The third-order valence-electron chi connectivity index (χ3n) is 3.76. The summed E-state index contributed by atoms with van der Waals surface area (Å²) < 4.78 is 10.5. The summed E-state index contributed by atoms with van der Waals surface area (Å²) in [6, 6.07) is 7.37. The van der Waals surface area contributed by atoms with Gasteiger partial charge in [-0.2, -0.15) is 5.26 Å². The van der Waals surface area contributed by atoms with Gasteiger partial charge in [0, 0.05) is 18.7 Å². The van der Waals surface area contributed by atoms with Crippen molar-refractivity contribution < 1.29 is 19.2 Å². The van der Waals surface area contributed by atoms with E-state index in [1.165, 1.54) is 24.3 Å². The van der Waals surface area contributed by atoms with Crippen LogP contribution in [0.2, 0.25) is 5.02 Å². The number of hydrogen-bond donors (Lipinski definition) is 2. The van der Waals surface area contributed by atoms with Gasteiger partial charge in [-0.3, -0.25) is 10.1 Å². The molecule has 0 bridgehead atoms. The van der Waals surface area contributed by atoms with E-state index in [4.69, 9.17) is 31.6 Å². The van der Waals surface area contributed by atoms with E-state index in [1.54, 1.807) is 13.8 Å². The van der Waals surface area contributed by atoms with Gasteiger partial charge in [0.1, 0.15) is 28.2 Å². The average Bonchev–Trinajstić information content (AvgIpc) is 2.61. The molecule has 0 aliphatic carbocycles. The van der Waals surface area contributed by atoms with Crippen molar-refractivity contribution in [2.24, 2.45) is 5.73 Å². The standard InChI is InChI=1S/C16H10ClN3O5.C2H6O/c1-7-4-12-14(16(21)24-7)13(9(6-18)15(19)25-12)8-2-3-10(17)11(5-8)20(22)23;1-2-3/h2-5,13H,19H2,1H3;3H,2H2,1H3. The van der Waals surface area contributed by atoms with E-state index < -0.39 is 16.5 Å². The first-order valence-electron chi connectivity index (χ1n) is 8.02. The van der Waals surface area contributed by atoms with Crippen LogP contribution < -0.4 is 16.1 Å². The van der Waals surface area contributed by atoms with Crippen molar-refractivity contribution in [3.8, 4) is 11.8 Å². The third-order valence-corrected chi connectivity index (χ3v) is 4.08. The smallest absolute Gasteiger partial charge is 0.343 e. The van der Waals surface area contributed by atoms with Gasteiger partial charge in [0.15, 0.2) is 0 Å².